The zero-order chi connectivity index (χ0) is 17.8. The molecule has 2 aliphatic rings. The first-order valence-electron chi connectivity index (χ1n) is 8.32. The van der Waals surface area contributed by atoms with Crippen LogP contribution < -0.4 is 0 Å². The molecule has 0 aliphatic carbocycles. The molecule has 0 spiro atoms. The Morgan fingerprint density at radius 1 is 0.880 bits per heavy atom. The zero-order valence-electron chi connectivity index (χ0n) is 15.2. The van der Waals surface area contributed by atoms with Gasteiger partial charge in [0.05, 0.1) is 0 Å². The van der Waals surface area contributed by atoms with Crippen molar-refractivity contribution in [3.05, 3.63) is 0 Å². The Balaban J connectivity index is 0. The molecule has 2 fully saturated rings. The van der Waals surface area contributed by atoms with E-state index >= 15 is 0 Å². The Bertz CT molecular complexity index is 448. The molecular weight excluding hydrogens is 320 g/mol. The predicted octanol–water partition coefficient (Wildman–Crippen LogP) is 4.36. The van der Waals surface area contributed by atoms with E-state index in [2.05, 4.69) is 0 Å². The van der Waals surface area contributed by atoms with Gasteiger partial charge in [0.2, 0.25) is 0 Å². The number of hydrogen-bond acceptors (Lipinski definition) is 5. The van der Waals surface area contributed by atoms with E-state index in [0.717, 1.165) is 19.4 Å². The van der Waals surface area contributed by atoms with Gasteiger partial charge in [0.25, 0.3) is 0 Å². The summed E-state index contributed by atoms with van der Waals surface area (Å²) in [5.41, 5.74) is -0.649. The lowest BCUT2D eigenvalue weighted by Crippen LogP contribution is -2.32. The lowest BCUT2D eigenvalue weighted by atomic mass is 9.87. The molecule has 5 nitrogen and oxygen atoms in total. The van der Waals surface area contributed by atoms with E-state index in [4.69, 9.17) is 9.47 Å². The minimum absolute atomic E-state index is 0. The Morgan fingerprint density at radius 2 is 1.36 bits per heavy atom. The third kappa shape index (κ3) is 8.13. The Morgan fingerprint density at radius 3 is 1.68 bits per heavy atom. The second-order valence-electron chi connectivity index (χ2n) is 8.25. The monoisotopic (exact) mass is 358 g/mol. The van der Waals surface area contributed by atoms with Crippen LogP contribution in [0.1, 0.15) is 82.1 Å². The van der Waals surface area contributed by atoms with Crippen LogP contribution in [0.2, 0.25) is 0 Å². The molecule has 5 heteroatoms. The van der Waals surface area contributed by atoms with Crippen LogP contribution in [0.15, 0.2) is 0 Å². The highest BCUT2D eigenvalue weighted by Crippen LogP contribution is 2.25. The number of cyclic esters (lactones) is 1. The van der Waals surface area contributed by atoms with Crippen molar-refractivity contribution in [1.29, 1.82) is 0 Å². The van der Waals surface area contributed by atoms with E-state index in [1.807, 2.05) is 41.5 Å². The molecule has 2 aliphatic heterocycles. The molecular formula is C20H38O5. The van der Waals surface area contributed by atoms with Gasteiger partial charge in [0.1, 0.15) is 6.10 Å². The molecule has 0 aromatic carbocycles. The van der Waals surface area contributed by atoms with Gasteiger partial charge in [-0.3, -0.25) is 14.4 Å². The fourth-order valence-electron chi connectivity index (χ4n) is 2.46. The number of rotatable bonds is 2. The number of hydrogen-bond donors (Lipinski definition) is 0. The summed E-state index contributed by atoms with van der Waals surface area (Å²) in [6.45, 7) is 12.1. The fraction of sp³-hybridized carbons (Fsp3) is 0.850. The summed E-state index contributed by atoms with van der Waals surface area (Å²) in [6, 6.07) is 0. The van der Waals surface area contributed by atoms with Crippen LogP contribution in [0.5, 0.6) is 0 Å². The number of Topliss-reactive ketones (excluding diaryl/α,β-unsaturated/α-hetero) is 2. The van der Waals surface area contributed by atoms with Crippen molar-refractivity contribution in [1.82, 2.24) is 0 Å². The second-order valence-corrected chi connectivity index (χ2v) is 8.25. The van der Waals surface area contributed by atoms with Gasteiger partial charge in [0, 0.05) is 30.3 Å². The zero-order valence-corrected chi connectivity index (χ0v) is 15.2. The highest BCUT2D eigenvalue weighted by Gasteiger charge is 2.36. The smallest absolute Gasteiger partial charge is 0.306 e. The summed E-state index contributed by atoms with van der Waals surface area (Å²) < 4.78 is 10.2. The largest absolute Gasteiger partial charge is 0.454 e. The maximum Gasteiger partial charge on any atom is 0.306 e. The van der Waals surface area contributed by atoms with E-state index in [-0.39, 0.29) is 43.9 Å². The summed E-state index contributed by atoms with van der Waals surface area (Å²) in [5.74, 6) is 0.0148. The highest BCUT2D eigenvalue weighted by molar-refractivity contribution is 5.91. The molecule has 0 aromatic rings. The van der Waals surface area contributed by atoms with E-state index < -0.39 is 11.5 Å². The lowest BCUT2D eigenvalue weighted by molar-refractivity contribution is -0.150. The van der Waals surface area contributed by atoms with Gasteiger partial charge in [-0.05, 0) is 12.8 Å². The van der Waals surface area contributed by atoms with Gasteiger partial charge in [-0.2, -0.15) is 0 Å². The normalized spacial score (nSPS) is 22.7. The van der Waals surface area contributed by atoms with Gasteiger partial charge in [-0.15, -0.1) is 0 Å². The van der Waals surface area contributed by atoms with Crippen LogP contribution in [0.4, 0.5) is 0 Å². The van der Waals surface area contributed by atoms with E-state index in [1.54, 1.807) is 0 Å². The lowest BCUT2D eigenvalue weighted by Gasteiger charge is -2.20. The molecule has 0 amide bonds. The number of ketones is 2. The molecule has 2 rings (SSSR count). The molecule has 2 saturated heterocycles. The van der Waals surface area contributed by atoms with Gasteiger partial charge in [0.15, 0.2) is 17.7 Å². The third-order valence-corrected chi connectivity index (χ3v) is 3.88. The molecule has 0 N–H and O–H groups in total. The molecule has 0 bridgehead atoms. The van der Waals surface area contributed by atoms with Crippen molar-refractivity contribution in [2.75, 3.05) is 6.61 Å². The SMILES string of the molecule is C.C.CC(C)(C)C(=O)[C@H]1CCC(=O)O1.CC(C)(C)C(=O)[C@H]1CCCO1. The van der Waals surface area contributed by atoms with Crippen LogP contribution >= 0.6 is 0 Å². The summed E-state index contributed by atoms with van der Waals surface area (Å²) in [5, 5.41) is 0. The summed E-state index contributed by atoms with van der Waals surface area (Å²) >= 11 is 0. The van der Waals surface area contributed by atoms with Crippen LogP contribution in [0.25, 0.3) is 0 Å². The standard InChI is InChI=1S/C9H14O3.C9H16O2.2CH4/c1-9(2,3)8(11)6-4-5-7(10)12-6;1-9(2,3)8(10)7-5-4-6-11-7;;/h6H,4-5H2,1-3H3;7H,4-6H2,1-3H3;2*1H4/t6-;7-;;/m11../s1. The first-order valence-corrected chi connectivity index (χ1v) is 8.32. The topological polar surface area (TPSA) is 69.7 Å². The average Bonchev–Trinajstić information content (AvgIpc) is 3.06. The number of ether oxygens (including phenoxy) is 2. The van der Waals surface area contributed by atoms with E-state index in [1.165, 1.54) is 0 Å². The van der Waals surface area contributed by atoms with Crippen LogP contribution in [0.3, 0.4) is 0 Å². The van der Waals surface area contributed by atoms with Gasteiger partial charge in [-0.25, -0.2) is 0 Å². The van der Waals surface area contributed by atoms with Crippen molar-refractivity contribution in [2.24, 2.45) is 10.8 Å². The van der Waals surface area contributed by atoms with Crippen molar-refractivity contribution in [3.63, 3.8) is 0 Å². The first-order chi connectivity index (χ1) is 10.4. The quantitative estimate of drug-likeness (QED) is 0.686. The number of esters is 1. The van der Waals surface area contributed by atoms with Crippen LogP contribution in [0, 0.1) is 10.8 Å². The highest BCUT2D eigenvalue weighted by atomic mass is 16.6. The molecule has 148 valence electrons. The molecule has 25 heavy (non-hydrogen) atoms. The molecule has 2 heterocycles. The molecule has 0 saturated carbocycles. The molecule has 2 atom stereocenters. The van der Waals surface area contributed by atoms with Crippen molar-refractivity contribution in [3.8, 4) is 0 Å². The molecule has 0 aromatic heterocycles. The first kappa shape index (κ1) is 26.0. The Hall–Kier alpha value is -1.23. The van der Waals surface area contributed by atoms with E-state index in [9.17, 15) is 14.4 Å². The molecule has 0 unspecified atom stereocenters. The summed E-state index contributed by atoms with van der Waals surface area (Å²) in [7, 11) is 0. The van der Waals surface area contributed by atoms with Gasteiger partial charge >= 0.3 is 5.97 Å². The average molecular weight is 359 g/mol. The summed E-state index contributed by atoms with van der Waals surface area (Å²) in [4.78, 5) is 33.8. The van der Waals surface area contributed by atoms with Gasteiger partial charge < -0.3 is 9.47 Å². The Kier molecular flexibility index (Phi) is 10.5. The minimum Gasteiger partial charge on any atom is -0.454 e. The van der Waals surface area contributed by atoms with Crippen molar-refractivity contribution < 1.29 is 23.9 Å². The predicted molar refractivity (Wildman–Crippen MR) is 100 cm³/mol. The van der Waals surface area contributed by atoms with E-state index in [0.29, 0.717) is 12.8 Å². The third-order valence-electron chi connectivity index (χ3n) is 3.88. The number of carbonyl (C=O) groups is 3. The second kappa shape index (κ2) is 10.0. The van der Waals surface area contributed by atoms with Gasteiger partial charge in [-0.1, -0.05) is 56.4 Å². The van der Waals surface area contributed by atoms with Crippen LogP contribution in [-0.4, -0.2) is 36.4 Å². The van der Waals surface area contributed by atoms with Crippen molar-refractivity contribution >= 4 is 17.5 Å². The maximum atomic E-state index is 11.5. The number of carbonyl (C=O) groups excluding carboxylic acids is 3. The van der Waals surface area contributed by atoms with Crippen molar-refractivity contribution in [2.45, 2.75) is 94.3 Å². The minimum atomic E-state index is -0.488. The fourth-order valence-corrected chi connectivity index (χ4v) is 2.46. The Labute approximate surface area is 153 Å². The summed E-state index contributed by atoms with van der Waals surface area (Å²) in [6.07, 6.45) is 2.27. The molecule has 0 radical (unpaired) electrons. The maximum absolute atomic E-state index is 11.5. The van der Waals surface area contributed by atoms with Crippen LogP contribution in [-0.2, 0) is 23.9 Å².